The highest BCUT2D eigenvalue weighted by Crippen LogP contribution is 2.33. The van der Waals surface area contributed by atoms with Gasteiger partial charge in [0, 0.05) is 0 Å². The largest absolute Gasteiger partial charge is 0.494 e. The van der Waals surface area contributed by atoms with E-state index in [1.54, 1.807) is 19.5 Å². The van der Waals surface area contributed by atoms with Gasteiger partial charge in [0.15, 0.2) is 5.75 Å². The smallest absolute Gasteiger partial charge is 0.223 e. The van der Waals surface area contributed by atoms with E-state index in [9.17, 15) is 5.11 Å². The molecule has 2 N–H and O–H groups in total. The molecule has 0 atom stereocenters. The molecule has 1 fully saturated rings. The van der Waals surface area contributed by atoms with E-state index in [4.69, 9.17) is 4.74 Å². The summed E-state index contributed by atoms with van der Waals surface area (Å²) < 4.78 is 4.96. The molecule has 15 heavy (non-hydrogen) atoms. The minimum atomic E-state index is -0.200. The topological polar surface area (TPSA) is 67.3 Å². The summed E-state index contributed by atoms with van der Waals surface area (Å²) in [5.74, 6) is 1.18. The van der Waals surface area contributed by atoms with Crippen LogP contribution in [-0.4, -0.2) is 34.3 Å². The van der Waals surface area contributed by atoms with Gasteiger partial charge in [-0.05, 0) is 19.3 Å². The summed E-state index contributed by atoms with van der Waals surface area (Å²) in [6.45, 7) is 0.127. The molecular formula is C10H15N3O2. The number of aliphatic hydroxyl groups is 1. The first kappa shape index (κ1) is 10.2. The molecule has 0 unspecified atom stereocenters. The number of rotatable bonds is 4. The second-order valence-electron chi connectivity index (χ2n) is 3.86. The Labute approximate surface area is 88.5 Å². The first-order chi connectivity index (χ1) is 7.28. The van der Waals surface area contributed by atoms with Crippen molar-refractivity contribution in [3.63, 3.8) is 0 Å². The third kappa shape index (κ3) is 2.02. The molecule has 0 spiro atoms. The van der Waals surface area contributed by atoms with Crippen LogP contribution in [0.5, 0.6) is 5.75 Å². The normalized spacial score (nSPS) is 18.0. The fraction of sp³-hybridized carbons (Fsp3) is 0.600. The molecule has 5 heteroatoms. The molecule has 0 amide bonds. The van der Waals surface area contributed by atoms with Crippen LogP contribution in [0.4, 0.5) is 5.95 Å². The van der Waals surface area contributed by atoms with Gasteiger partial charge in [0.2, 0.25) is 5.95 Å². The van der Waals surface area contributed by atoms with Crippen LogP contribution in [0.3, 0.4) is 0 Å². The quantitative estimate of drug-likeness (QED) is 0.768. The number of nitrogens with one attached hydrogen (secondary N) is 1. The van der Waals surface area contributed by atoms with Crippen LogP contribution in [-0.2, 0) is 0 Å². The van der Waals surface area contributed by atoms with Crippen LogP contribution < -0.4 is 10.1 Å². The monoisotopic (exact) mass is 209 g/mol. The average Bonchev–Trinajstić information content (AvgIpc) is 2.24. The Kier molecular flexibility index (Phi) is 2.73. The van der Waals surface area contributed by atoms with Gasteiger partial charge in [0.05, 0.1) is 31.6 Å². The number of hydrogen-bond donors (Lipinski definition) is 2. The van der Waals surface area contributed by atoms with Crippen molar-refractivity contribution in [1.29, 1.82) is 0 Å². The van der Waals surface area contributed by atoms with Crippen molar-refractivity contribution in [1.82, 2.24) is 9.97 Å². The van der Waals surface area contributed by atoms with E-state index in [0.29, 0.717) is 11.7 Å². The molecule has 1 aliphatic carbocycles. The molecule has 1 aliphatic rings. The van der Waals surface area contributed by atoms with E-state index < -0.39 is 0 Å². The Hall–Kier alpha value is -1.36. The van der Waals surface area contributed by atoms with E-state index >= 15 is 0 Å². The molecule has 0 aromatic carbocycles. The molecule has 0 aliphatic heterocycles. The standard InChI is InChI=1S/C10H15N3O2/c1-15-8-5-11-9(12-6-8)13-10(7-14)3-2-4-10/h5-6,14H,2-4,7H2,1H3,(H,11,12,13). The number of hydrogen-bond acceptors (Lipinski definition) is 5. The van der Waals surface area contributed by atoms with Crippen LogP contribution in [0.25, 0.3) is 0 Å². The molecule has 1 saturated carbocycles. The molecule has 1 heterocycles. The van der Waals surface area contributed by atoms with Gasteiger partial charge in [-0.3, -0.25) is 0 Å². The van der Waals surface area contributed by atoms with Crippen LogP contribution in [0.2, 0.25) is 0 Å². The van der Waals surface area contributed by atoms with Crippen molar-refractivity contribution in [3.05, 3.63) is 12.4 Å². The molecule has 0 bridgehead atoms. The van der Waals surface area contributed by atoms with Crippen molar-refractivity contribution in [3.8, 4) is 5.75 Å². The van der Waals surface area contributed by atoms with Crippen molar-refractivity contribution in [2.75, 3.05) is 19.0 Å². The third-order valence-electron chi connectivity index (χ3n) is 2.85. The summed E-state index contributed by atoms with van der Waals surface area (Å²) in [6, 6.07) is 0. The van der Waals surface area contributed by atoms with Crippen LogP contribution >= 0.6 is 0 Å². The fourth-order valence-corrected chi connectivity index (χ4v) is 1.65. The molecule has 5 nitrogen and oxygen atoms in total. The van der Waals surface area contributed by atoms with Gasteiger partial charge in [-0.1, -0.05) is 0 Å². The first-order valence-corrected chi connectivity index (χ1v) is 5.03. The zero-order chi connectivity index (χ0) is 10.7. The average molecular weight is 209 g/mol. The van der Waals surface area contributed by atoms with Crippen LogP contribution in [0, 0.1) is 0 Å². The summed E-state index contributed by atoms with van der Waals surface area (Å²) in [5, 5.41) is 12.4. The molecule has 82 valence electrons. The maximum absolute atomic E-state index is 9.26. The number of aliphatic hydroxyl groups excluding tert-OH is 1. The molecule has 1 aromatic heterocycles. The summed E-state index contributed by atoms with van der Waals surface area (Å²) >= 11 is 0. The molecule has 0 saturated heterocycles. The van der Waals surface area contributed by atoms with Gasteiger partial charge < -0.3 is 15.2 Å². The third-order valence-corrected chi connectivity index (χ3v) is 2.85. The van der Waals surface area contributed by atoms with Crippen molar-refractivity contribution >= 4 is 5.95 Å². The van der Waals surface area contributed by atoms with Crippen molar-refractivity contribution < 1.29 is 9.84 Å². The van der Waals surface area contributed by atoms with Crippen molar-refractivity contribution in [2.45, 2.75) is 24.8 Å². The lowest BCUT2D eigenvalue weighted by atomic mass is 9.77. The lowest BCUT2D eigenvalue weighted by molar-refractivity contribution is 0.143. The molecule has 1 aromatic rings. The lowest BCUT2D eigenvalue weighted by Crippen LogP contribution is -2.48. The summed E-state index contributed by atoms with van der Waals surface area (Å²) in [5.41, 5.74) is -0.200. The maximum Gasteiger partial charge on any atom is 0.223 e. The molecule has 0 radical (unpaired) electrons. The van der Waals surface area contributed by atoms with E-state index in [-0.39, 0.29) is 12.1 Å². The predicted octanol–water partition coefficient (Wildman–Crippen LogP) is 0.812. The van der Waals surface area contributed by atoms with Gasteiger partial charge >= 0.3 is 0 Å². The highest BCUT2D eigenvalue weighted by molar-refractivity contribution is 5.32. The van der Waals surface area contributed by atoms with Crippen molar-refractivity contribution in [2.24, 2.45) is 0 Å². The van der Waals surface area contributed by atoms with Gasteiger partial charge in [0.1, 0.15) is 0 Å². The van der Waals surface area contributed by atoms with E-state index in [2.05, 4.69) is 15.3 Å². The fourth-order valence-electron chi connectivity index (χ4n) is 1.65. The maximum atomic E-state index is 9.26. The Morgan fingerprint density at radius 2 is 2.13 bits per heavy atom. The van der Waals surface area contributed by atoms with Gasteiger partial charge in [-0.25, -0.2) is 9.97 Å². The highest BCUT2D eigenvalue weighted by atomic mass is 16.5. The van der Waals surface area contributed by atoms with Gasteiger partial charge in [0.25, 0.3) is 0 Å². The van der Waals surface area contributed by atoms with Gasteiger partial charge in [-0.2, -0.15) is 0 Å². The Balaban J connectivity index is 2.03. The number of nitrogens with zero attached hydrogens (tertiary/aromatic N) is 2. The Bertz CT molecular complexity index is 316. The zero-order valence-electron chi connectivity index (χ0n) is 8.73. The highest BCUT2D eigenvalue weighted by Gasteiger charge is 2.36. The van der Waals surface area contributed by atoms with E-state index in [0.717, 1.165) is 19.3 Å². The lowest BCUT2D eigenvalue weighted by Gasteiger charge is -2.40. The zero-order valence-corrected chi connectivity index (χ0v) is 8.73. The summed E-state index contributed by atoms with van der Waals surface area (Å²) in [7, 11) is 1.58. The number of anilines is 1. The minimum Gasteiger partial charge on any atom is -0.494 e. The minimum absolute atomic E-state index is 0.127. The molecular weight excluding hydrogens is 194 g/mol. The van der Waals surface area contributed by atoms with Crippen LogP contribution in [0.1, 0.15) is 19.3 Å². The number of ether oxygens (including phenoxy) is 1. The second kappa shape index (κ2) is 4.02. The summed E-state index contributed by atoms with van der Waals surface area (Å²) in [6.07, 6.45) is 6.31. The second-order valence-corrected chi connectivity index (χ2v) is 3.86. The van der Waals surface area contributed by atoms with Gasteiger partial charge in [-0.15, -0.1) is 0 Å². The Morgan fingerprint density at radius 1 is 1.47 bits per heavy atom. The summed E-state index contributed by atoms with van der Waals surface area (Å²) in [4.78, 5) is 8.21. The van der Waals surface area contributed by atoms with E-state index in [1.807, 2.05) is 0 Å². The Morgan fingerprint density at radius 3 is 2.53 bits per heavy atom. The molecule has 2 rings (SSSR count). The SMILES string of the molecule is COc1cnc(NC2(CO)CCC2)nc1. The van der Waals surface area contributed by atoms with E-state index in [1.165, 1.54) is 0 Å². The predicted molar refractivity (Wildman–Crippen MR) is 55.9 cm³/mol. The first-order valence-electron chi connectivity index (χ1n) is 5.03. The van der Waals surface area contributed by atoms with Crippen LogP contribution in [0.15, 0.2) is 12.4 Å². The number of methoxy groups -OCH3 is 1. The number of aromatic nitrogens is 2.